The second-order valence-corrected chi connectivity index (χ2v) is 10.5. The number of hydrogen-bond donors (Lipinski definition) is 5. The molecular weight excluding hydrogens is 438 g/mol. The average molecular weight is 484 g/mol. The van der Waals surface area contributed by atoms with Crippen LogP contribution in [-0.4, -0.2) is 54.1 Å². The van der Waals surface area contributed by atoms with Crippen LogP contribution in [0.2, 0.25) is 0 Å². The summed E-state index contributed by atoms with van der Waals surface area (Å²) in [6.45, 7) is 12.9. The quantitative estimate of drug-likeness (QED) is 0.215. The van der Waals surface area contributed by atoms with Crippen molar-refractivity contribution in [1.82, 2.24) is 16.0 Å². The van der Waals surface area contributed by atoms with E-state index in [4.69, 9.17) is 11.5 Å². The van der Waals surface area contributed by atoms with E-state index in [-0.39, 0.29) is 24.0 Å². The number of unbranched alkanes of at least 4 members (excludes halogenated alkanes) is 1. The van der Waals surface area contributed by atoms with E-state index in [1.54, 1.807) is 6.92 Å². The Labute approximate surface area is 203 Å². The summed E-state index contributed by atoms with van der Waals surface area (Å²) in [5.41, 5.74) is 10.6. The largest absolute Gasteiger partial charge is 0.368 e. The number of nitrogens with one attached hydrogen (secondary N) is 3. The van der Waals surface area contributed by atoms with Gasteiger partial charge in [0.1, 0.15) is 6.04 Å². The predicted molar refractivity (Wildman–Crippen MR) is 131 cm³/mol. The highest BCUT2D eigenvalue weighted by Crippen LogP contribution is 2.14. The van der Waals surface area contributed by atoms with Crippen molar-refractivity contribution in [1.29, 1.82) is 0 Å². The number of carbonyl (C=O) groups is 5. The van der Waals surface area contributed by atoms with E-state index < -0.39 is 47.2 Å². The first-order chi connectivity index (χ1) is 15.6. The van der Waals surface area contributed by atoms with E-state index in [1.165, 1.54) is 6.92 Å². The molecule has 10 heteroatoms. The maximum Gasteiger partial charge on any atom is 0.239 e. The standard InChI is InChI=1S/C24H45N5O5/c1-14(2)12-18(29-22(33)16(4)25)19(30)13-15(3)21(32)28-17(20(26)31)10-8-9-11-27-23(34)24(5,6)7/h14-18H,8-13,25H2,1-7H3,(H2,26,31)(H,27,34)(H,28,32)(H,29,33)/t15-,16+,17+,18+/m1/s1. The highest BCUT2D eigenvalue weighted by atomic mass is 16.2. The minimum absolute atomic E-state index is 0.0568. The lowest BCUT2D eigenvalue weighted by Crippen LogP contribution is -2.49. The first kappa shape index (κ1) is 31.5. The molecule has 0 bridgehead atoms. The Balaban J connectivity index is 4.79. The minimum Gasteiger partial charge on any atom is -0.368 e. The summed E-state index contributed by atoms with van der Waals surface area (Å²) >= 11 is 0. The van der Waals surface area contributed by atoms with Crippen LogP contribution in [0.25, 0.3) is 0 Å². The second-order valence-electron chi connectivity index (χ2n) is 10.5. The van der Waals surface area contributed by atoms with Crippen molar-refractivity contribution in [3.05, 3.63) is 0 Å². The number of Topliss-reactive ketones (excluding diaryl/α,β-unsaturated/α-hetero) is 1. The van der Waals surface area contributed by atoms with Gasteiger partial charge < -0.3 is 27.4 Å². The van der Waals surface area contributed by atoms with E-state index in [1.807, 2.05) is 34.6 Å². The van der Waals surface area contributed by atoms with E-state index in [0.29, 0.717) is 32.2 Å². The third-order valence-electron chi connectivity index (χ3n) is 5.33. The van der Waals surface area contributed by atoms with Crippen molar-refractivity contribution < 1.29 is 24.0 Å². The average Bonchev–Trinajstić information content (AvgIpc) is 2.70. The summed E-state index contributed by atoms with van der Waals surface area (Å²) in [4.78, 5) is 61.1. The molecule has 0 radical (unpaired) electrons. The Morgan fingerprint density at radius 1 is 0.853 bits per heavy atom. The number of nitrogens with two attached hydrogens (primary N) is 2. The molecule has 0 heterocycles. The number of hydrogen-bond acceptors (Lipinski definition) is 6. The molecule has 0 spiro atoms. The van der Waals surface area contributed by atoms with Crippen molar-refractivity contribution >= 4 is 29.4 Å². The third-order valence-corrected chi connectivity index (χ3v) is 5.33. The summed E-state index contributed by atoms with van der Waals surface area (Å²) in [6.07, 6.45) is 1.87. The molecule has 4 amide bonds. The Kier molecular flexibility index (Phi) is 13.6. The smallest absolute Gasteiger partial charge is 0.239 e. The Morgan fingerprint density at radius 2 is 1.41 bits per heavy atom. The van der Waals surface area contributed by atoms with Gasteiger partial charge >= 0.3 is 0 Å². The van der Waals surface area contributed by atoms with Gasteiger partial charge in [0.2, 0.25) is 23.6 Å². The lowest BCUT2D eigenvalue weighted by molar-refractivity contribution is -0.133. The van der Waals surface area contributed by atoms with Crippen LogP contribution in [0.5, 0.6) is 0 Å². The highest BCUT2D eigenvalue weighted by Gasteiger charge is 2.28. The zero-order valence-electron chi connectivity index (χ0n) is 21.8. The molecule has 7 N–H and O–H groups in total. The fraction of sp³-hybridized carbons (Fsp3) is 0.792. The first-order valence-electron chi connectivity index (χ1n) is 12.0. The molecule has 10 nitrogen and oxygen atoms in total. The van der Waals surface area contributed by atoms with Crippen LogP contribution in [0.3, 0.4) is 0 Å². The molecule has 0 fully saturated rings. The normalized spacial score (nSPS) is 15.1. The molecule has 34 heavy (non-hydrogen) atoms. The number of amides is 4. The molecule has 0 aromatic carbocycles. The zero-order valence-corrected chi connectivity index (χ0v) is 21.8. The molecule has 0 aromatic heterocycles. The molecule has 4 atom stereocenters. The van der Waals surface area contributed by atoms with Crippen LogP contribution in [0.15, 0.2) is 0 Å². The molecule has 196 valence electrons. The first-order valence-corrected chi connectivity index (χ1v) is 12.0. The molecule has 0 unspecified atom stereocenters. The SMILES string of the molecule is CC(C)C[C@H](NC(=O)[C@H](C)N)C(=O)C[C@@H](C)C(=O)N[C@@H](CCCCNC(=O)C(C)(C)C)C(N)=O. The van der Waals surface area contributed by atoms with Crippen molar-refractivity contribution in [2.75, 3.05) is 6.54 Å². The molecule has 0 aliphatic rings. The van der Waals surface area contributed by atoms with Gasteiger partial charge in [0.05, 0.1) is 12.1 Å². The van der Waals surface area contributed by atoms with Crippen LogP contribution in [-0.2, 0) is 24.0 Å². The molecule has 0 aromatic rings. The molecule has 0 aliphatic carbocycles. The van der Waals surface area contributed by atoms with Crippen molar-refractivity contribution in [2.45, 2.75) is 98.7 Å². The van der Waals surface area contributed by atoms with E-state index in [9.17, 15) is 24.0 Å². The van der Waals surface area contributed by atoms with Crippen molar-refractivity contribution in [2.24, 2.45) is 28.7 Å². The van der Waals surface area contributed by atoms with Crippen LogP contribution in [0.4, 0.5) is 0 Å². The van der Waals surface area contributed by atoms with Crippen LogP contribution >= 0.6 is 0 Å². The Bertz CT molecular complexity index is 715. The van der Waals surface area contributed by atoms with Gasteiger partial charge in [-0.3, -0.25) is 24.0 Å². The minimum atomic E-state index is -0.868. The molecule has 0 saturated carbocycles. The predicted octanol–water partition coefficient (Wildman–Crippen LogP) is 0.763. The molecular formula is C24H45N5O5. The van der Waals surface area contributed by atoms with E-state index >= 15 is 0 Å². The van der Waals surface area contributed by atoms with Gasteiger partial charge in [-0.05, 0) is 38.5 Å². The fourth-order valence-electron chi connectivity index (χ4n) is 3.12. The van der Waals surface area contributed by atoms with Crippen LogP contribution in [0.1, 0.15) is 80.6 Å². The van der Waals surface area contributed by atoms with Gasteiger partial charge in [-0.1, -0.05) is 41.5 Å². The summed E-state index contributed by atoms with van der Waals surface area (Å²) < 4.78 is 0. The maximum atomic E-state index is 12.8. The van der Waals surface area contributed by atoms with Gasteiger partial charge in [-0.25, -0.2) is 0 Å². The zero-order chi connectivity index (χ0) is 26.6. The number of ketones is 1. The van der Waals surface area contributed by atoms with Gasteiger partial charge in [0.25, 0.3) is 0 Å². The van der Waals surface area contributed by atoms with E-state index in [2.05, 4.69) is 16.0 Å². The number of rotatable bonds is 15. The monoisotopic (exact) mass is 483 g/mol. The summed E-state index contributed by atoms with van der Waals surface area (Å²) in [6, 6.07) is -2.35. The number of primary amides is 1. The highest BCUT2D eigenvalue weighted by molar-refractivity contribution is 5.94. The summed E-state index contributed by atoms with van der Waals surface area (Å²) in [5.74, 6) is -2.42. The third kappa shape index (κ3) is 12.7. The number of carbonyl (C=O) groups excluding carboxylic acids is 5. The van der Waals surface area contributed by atoms with Gasteiger partial charge in [-0.15, -0.1) is 0 Å². The van der Waals surface area contributed by atoms with Gasteiger partial charge in [-0.2, -0.15) is 0 Å². The summed E-state index contributed by atoms with van der Waals surface area (Å²) in [7, 11) is 0. The maximum absolute atomic E-state index is 12.8. The lowest BCUT2D eigenvalue weighted by atomic mass is 9.93. The second kappa shape index (κ2) is 14.7. The topological polar surface area (TPSA) is 173 Å². The molecule has 0 rings (SSSR count). The van der Waals surface area contributed by atoms with E-state index in [0.717, 1.165) is 0 Å². The molecule has 0 saturated heterocycles. The van der Waals surface area contributed by atoms with Gasteiger partial charge in [0, 0.05) is 24.3 Å². The van der Waals surface area contributed by atoms with Crippen molar-refractivity contribution in [3.63, 3.8) is 0 Å². The van der Waals surface area contributed by atoms with Gasteiger partial charge in [0.15, 0.2) is 5.78 Å². The van der Waals surface area contributed by atoms with Crippen LogP contribution in [0, 0.1) is 17.3 Å². The Morgan fingerprint density at radius 3 is 1.88 bits per heavy atom. The summed E-state index contributed by atoms with van der Waals surface area (Å²) in [5, 5.41) is 8.12. The molecule has 0 aliphatic heterocycles. The Hall–Kier alpha value is -2.49. The lowest BCUT2D eigenvalue weighted by Gasteiger charge is -2.23. The van der Waals surface area contributed by atoms with Crippen molar-refractivity contribution in [3.8, 4) is 0 Å². The fourth-order valence-corrected chi connectivity index (χ4v) is 3.12. The van der Waals surface area contributed by atoms with Crippen LogP contribution < -0.4 is 27.4 Å².